The van der Waals surface area contributed by atoms with E-state index in [0.29, 0.717) is 36.7 Å². The smallest absolute Gasteiger partial charge is 0.292 e. The molecule has 0 atom stereocenters. The van der Waals surface area contributed by atoms with Gasteiger partial charge in [0.25, 0.3) is 5.69 Å². The molecule has 0 unspecified atom stereocenters. The highest BCUT2D eigenvalue weighted by Crippen LogP contribution is 2.28. The van der Waals surface area contributed by atoms with E-state index in [1.165, 1.54) is 6.07 Å². The Balaban J connectivity index is 2.78. The maximum atomic E-state index is 11.1. The number of ether oxygens (including phenoxy) is 1. The van der Waals surface area contributed by atoms with Crippen molar-refractivity contribution in [2.24, 2.45) is 0 Å². The predicted molar refractivity (Wildman–Crippen MR) is 89.7 cm³/mol. The summed E-state index contributed by atoms with van der Waals surface area (Å²) in [4.78, 5) is 13.1. The third-order valence-corrected chi connectivity index (χ3v) is 3.49. The topological polar surface area (TPSA) is 67.6 Å². The van der Waals surface area contributed by atoms with Crippen molar-refractivity contribution < 1.29 is 9.66 Å². The van der Waals surface area contributed by atoms with Crippen LogP contribution in [0.5, 0.6) is 5.75 Å². The Labute approximate surface area is 132 Å². The maximum Gasteiger partial charge on any atom is 0.292 e. The molecule has 6 heteroatoms. The highest BCUT2D eigenvalue weighted by molar-refractivity contribution is 5.64. The van der Waals surface area contributed by atoms with Crippen LogP contribution < -0.4 is 10.1 Å². The molecule has 0 aliphatic heterocycles. The van der Waals surface area contributed by atoms with E-state index in [0.717, 1.165) is 6.54 Å². The van der Waals surface area contributed by atoms with Gasteiger partial charge in [-0.15, -0.1) is 0 Å². The molecule has 0 fully saturated rings. The number of hydrogen-bond donors (Lipinski definition) is 1. The van der Waals surface area contributed by atoms with Crippen molar-refractivity contribution in [1.29, 1.82) is 0 Å². The number of anilines is 1. The molecule has 1 rings (SSSR count). The van der Waals surface area contributed by atoms with E-state index in [9.17, 15) is 10.1 Å². The number of nitro benzene ring substituents is 1. The summed E-state index contributed by atoms with van der Waals surface area (Å²) in [6.07, 6.45) is 0. The van der Waals surface area contributed by atoms with Gasteiger partial charge < -0.3 is 10.1 Å². The Kier molecular flexibility index (Phi) is 7.11. The van der Waals surface area contributed by atoms with Gasteiger partial charge in [-0.05, 0) is 40.7 Å². The zero-order valence-electron chi connectivity index (χ0n) is 14.1. The van der Waals surface area contributed by atoms with Crippen LogP contribution in [-0.4, -0.2) is 41.6 Å². The van der Waals surface area contributed by atoms with Crippen molar-refractivity contribution in [2.75, 3.05) is 25.0 Å². The summed E-state index contributed by atoms with van der Waals surface area (Å²) < 4.78 is 5.41. The number of nitro groups is 1. The molecule has 0 bridgehead atoms. The molecule has 0 amide bonds. The molecule has 0 aliphatic carbocycles. The molecule has 1 aromatic carbocycles. The number of rotatable bonds is 9. The molecular weight excluding hydrogens is 282 g/mol. The molecule has 124 valence electrons. The SMILES string of the molecule is CCOc1ccc([N+](=O)[O-])c(NCCN(C(C)C)C(C)C)c1. The van der Waals surface area contributed by atoms with E-state index in [2.05, 4.69) is 37.9 Å². The lowest BCUT2D eigenvalue weighted by Gasteiger charge is -2.30. The first-order valence-electron chi connectivity index (χ1n) is 7.77. The quantitative estimate of drug-likeness (QED) is 0.558. The van der Waals surface area contributed by atoms with Gasteiger partial charge >= 0.3 is 0 Å². The van der Waals surface area contributed by atoms with Gasteiger partial charge in [-0.1, -0.05) is 0 Å². The minimum absolute atomic E-state index is 0.0732. The predicted octanol–water partition coefficient (Wildman–Crippen LogP) is 3.52. The number of benzene rings is 1. The van der Waals surface area contributed by atoms with Gasteiger partial charge in [0.15, 0.2) is 0 Å². The van der Waals surface area contributed by atoms with Crippen LogP contribution in [0.3, 0.4) is 0 Å². The van der Waals surface area contributed by atoms with Gasteiger partial charge in [-0.25, -0.2) is 0 Å². The maximum absolute atomic E-state index is 11.1. The summed E-state index contributed by atoms with van der Waals surface area (Å²) >= 11 is 0. The van der Waals surface area contributed by atoms with Crippen LogP contribution in [-0.2, 0) is 0 Å². The fourth-order valence-electron chi connectivity index (χ4n) is 2.50. The monoisotopic (exact) mass is 309 g/mol. The Hall–Kier alpha value is -1.82. The lowest BCUT2D eigenvalue weighted by Crippen LogP contribution is -2.40. The summed E-state index contributed by atoms with van der Waals surface area (Å²) in [7, 11) is 0. The summed E-state index contributed by atoms with van der Waals surface area (Å²) in [5, 5.41) is 14.3. The molecule has 0 aromatic heterocycles. The Morgan fingerprint density at radius 2 is 1.91 bits per heavy atom. The zero-order chi connectivity index (χ0) is 16.7. The summed E-state index contributed by atoms with van der Waals surface area (Å²) in [5.74, 6) is 0.639. The largest absolute Gasteiger partial charge is 0.494 e. The average Bonchev–Trinajstić information content (AvgIpc) is 2.43. The Morgan fingerprint density at radius 3 is 2.41 bits per heavy atom. The molecular formula is C16H27N3O3. The van der Waals surface area contributed by atoms with Gasteiger partial charge in [0.1, 0.15) is 11.4 Å². The summed E-state index contributed by atoms with van der Waals surface area (Å²) in [6, 6.07) is 5.67. The van der Waals surface area contributed by atoms with Crippen LogP contribution in [0, 0.1) is 10.1 Å². The van der Waals surface area contributed by atoms with Gasteiger partial charge in [-0.2, -0.15) is 0 Å². The van der Waals surface area contributed by atoms with E-state index in [1.807, 2.05) is 6.92 Å². The second-order valence-electron chi connectivity index (χ2n) is 5.72. The molecule has 1 N–H and O–H groups in total. The number of hydrogen-bond acceptors (Lipinski definition) is 5. The van der Waals surface area contributed by atoms with Gasteiger partial charge in [0, 0.05) is 37.3 Å². The van der Waals surface area contributed by atoms with E-state index in [4.69, 9.17) is 4.74 Å². The van der Waals surface area contributed by atoms with Crippen LogP contribution in [0.2, 0.25) is 0 Å². The van der Waals surface area contributed by atoms with E-state index in [-0.39, 0.29) is 10.6 Å². The van der Waals surface area contributed by atoms with Gasteiger partial charge in [0.2, 0.25) is 0 Å². The van der Waals surface area contributed by atoms with Crippen molar-refractivity contribution >= 4 is 11.4 Å². The lowest BCUT2D eigenvalue weighted by molar-refractivity contribution is -0.384. The standard InChI is InChI=1S/C16H27N3O3/c1-6-22-14-7-8-16(19(20)21)15(11-14)17-9-10-18(12(2)3)13(4)5/h7-8,11-13,17H,6,9-10H2,1-5H3. The van der Waals surface area contributed by atoms with Crippen LogP contribution in [0.1, 0.15) is 34.6 Å². The minimum Gasteiger partial charge on any atom is -0.494 e. The third-order valence-electron chi connectivity index (χ3n) is 3.49. The van der Waals surface area contributed by atoms with Gasteiger partial charge in [0.05, 0.1) is 11.5 Å². The van der Waals surface area contributed by atoms with Crippen molar-refractivity contribution in [1.82, 2.24) is 4.90 Å². The Morgan fingerprint density at radius 1 is 1.27 bits per heavy atom. The molecule has 0 spiro atoms. The normalized spacial score (nSPS) is 11.3. The fourth-order valence-corrected chi connectivity index (χ4v) is 2.50. The molecule has 0 heterocycles. The first-order chi connectivity index (χ1) is 10.4. The van der Waals surface area contributed by atoms with Crippen molar-refractivity contribution in [3.63, 3.8) is 0 Å². The van der Waals surface area contributed by atoms with Crippen LogP contribution in [0.15, 0.2) is 18.2 Å². The number of nitrogens with one attached hydrogen (secondary N) is 1. The van der Waals surface area contributed by atoms with Crippen LogP contribution >= 0.6 is 0 Å². The zero-order valence-corrected chi connectivity index (χ0v) is 14.1. The van der Waals surface area contributed by atoms with E-state index in [1.54, 1.807) is 12.1 Å². The molecule has 1 aromatic rings. The molecule has 0 saturated heterocycles. The molecule has 22 heavy (non-hydrogen) atoms. The molecule has 0 aliphatic rings. The minimum atomic E-state index is -0.374. The fraction of sp³-hybridized carbons (Fsp3) is 0.625. The third kappa shape index (κ3) is 5.18. The van der Waals surface area contributed by atoms with Crippen LogP contribution in [0.4, 0.5) is 11.4 Å². The second-order valence-corrected chi connectivity index (χ2v) is 5.72. The van der Waals surface area contributed by atoms with Crippen molar-refractivity contribution in [3.8, 4) is 5.75 Å². The molecule has 6 nitrogen and oxygen atoms in total. The van der Waals surface area contributed by atoms with E-state index >= 15 is 0 Å². The highest BCUT2D eigenvalue weighted by Gasteiger charge is 2.16. The average molecular weight is 309 g/mol. The first-order valence-corrected chi connectivity index (χ1v) is 7.77. The first kappa shape index (κ1) is 18.2. The molecule has 0 saturated carbocycles. The Bertz CT molecular complexity index is 482. The summed E-state index contributed by atoms with van der Waals surface area (Å²) in [6.45, 7) is 12.5. The van der Waals surface area contributed by atoms with E-state index < -0.39 is 0 Å². The van der Waals surface area contributed by atoms with Crippen molar-refractivity contribution in [3.05, 3.63) is 28.3 Å². The molecule has 0 radical (unpaired) electrons. The number of nitrogens with zero attached hydrogens (tertiary/aromatic N) is 2. The second kappa shape index (κ2) is 8.58. The van der Waals surface area contributed by atoms with Gasteiger partial charge in [-0.3, -0.25) is 15.0 Å². The highest BCUT2D eigenvalue weighted by atomic mass is 16.6. The van der Waals surface area contributed by atoms with Crippen molar-refractivity contribution in [2.45, 2.75) is 46.7 Å². The summed E-state index contributed by atoms with van der Waals surface area (Å²) in [5.41, 5.74) is 0.576. The van der Waals surface area contributed by atoms with Crippen LogP contribution in [0.25, 0.3) is 0 Å². The lowest BCUT2D eigenvalue weighted by atomic mass is 10.2.